The molecule has 0 amide bonds. The Hall–Kier alpha value is -0.870. The molecule has 1 aliphatic heterocycles. The van der Waals surface area contributed by atoms with Crippen molar-refractivity contribution in [1.82, 2.24) is 14.9 Å². The van der Waals surface area contributed by atoms with E-state index in [9.17, 15) is 0 Å². The second-order valence-corrected chi connectivity index (χ2v) is 5.61. The van der Waals surface area contributed by atoms with E-state index in [1.807, 2.05) is 0 Å². The maximum atomic E-state index is 6.12. The summed E-state index contributed by atoms with van der Waals surface area (Å²) >= 11 is 6.12. The minimum atomic E-state index is 0.646. The maximum absolute atomic E-state index is 6.12. The Labute approximate surface area is 114 Å². The Balaban J connectivity index is 1.85. The van der Waals surface area contributed by atoms with Gasteiger partial charge < -0.3 is 4.90 Å². The third kappa shape index (κ3) is 3.56. The topological polar surface area (TPSA) is 32.3 Å². The van der Waals surface area contributed by atoms with Gasteiger partial charge >= 0.3 is 0 Å². The summed E-state index contributed by atoms with van der Waals surface area (Å²) in [6, 6.07) is 0. The van der Waals surface area contributed by atoms with E-state index < -0.39 is 0 Å². The summed E-state index contributed by atoms with van der Waals surface area (Å²) < 4.78 is 0. The molecule has 18 heavy (non-hydrogen) atoms. The number of piperazine rings is 1. The summed E-state index contributed by atoms with van der Waals surface area (Å²) in [4.78, 5) is 13.0. The normalized spacial score (nSPS) is 17.4. The zero-order chi connectivity index (χ0) is 13.0. The Morgan fingerprint density at radius 1 is 1.28 bits per heavy atom. The summed E-state index contributed by atoms with van der Waals surface area (Å²) in [6.07, 6.45) is 4.50. The fourth-order valence-electron chi connectivity index (χ4n) is 2.16. The largest absolute Gasteiger partial charge is 0.353 e. The Kier molecular flexibility index (Phi) is 4.78. The molecule has 0 radical (unpaired) electrons. The van der Waals surface area contributed by atoms with Crippen molar-refractivity contribution in [2.24, 2.45) is 5.92 Å². The zero-order valence-electron chi connectivity index (χ0n) is 11.1. The van der Waals surface area contributed by atoms with E-state index in [0.29, 0.717) is 5.02 Å². The molecule has 100 valence electrons. The molecule has 1 fully saturated rings. The van der Waals surface area contributed by atoms with E-state index in [2.05, 4.69) is 33.6 Å². The van der Waals surface area contributed by atoms with Gasteiger partial charge in [0.2, 0.25) is 0 Å². The van der Waals surface area contributed by atoms with Gasteiger partial charge in [-0.2, -0.15) is 0 Å². The zero-order valence-corrected chi connectivity index (χ0v) is 11.9. The van der Waals surface area contributed by atoms with E-state index in [0.717, 1.165) is 37.9 Å². The van der Waals surface area contributed by atoms with Crippen LogP contribution in [0.2, 0.25) is 5.02 Å². The van der Waals surface area contributed by atoms with Crippen molar-refractivity contribution in [2.75, 3.05) is 37.6 Å². The van der Waals surface area contributed by atoms with E-state index >= 15 is 0 Å². The van der Waals surface area contributed by atoms with Crippen molar-refractivity contribution < 1.29 is 0 Å². The standard InChI is InChI=1S/C13H21ClN4/c1-11(2)3-4-17-5-7-18(8-6-17)13-12(14)9-15-10-16-13/h9-11H,3-8H2,1-2H3. The molecule has 0 N–H and O–H groups in total. The number of hydrogen-bond acceptors (Lipinski definition) is 4. The van der Waals surface area contributed by atoms with Gasteiger partial charge in [0.1, 0.15) is 11.3 Å². The number of rotatable bonds is 4. The van der Waals surface area contributed by atoms with Crippen molar-refractivity contribution in [3.63, 3.8) is 0 Å². The lowest BCUT2D eigenvalue weighted by molar-refractivity contribution is 0.243. The van der Waals surface area contributed by atoms with Gasteiger partial charge in [0.05, 0.1) is 6.20 Å². The van der Waals surface area contributed by atoms with Gasteiger partial charge in [-0.3, -0.25) is 4.90 Å². The fraction of sp³-hybridized carbons (Fsp3) is 0.692. The quantitative estimate of drug-likeness (QED) is 0.839. The molecule has 0 bridgehead atoms. The van der Waals surface area contributed by atoms with Crippen LogP contribution in [0.5, 0.6) is 0 Å². The van der Waals surface area contributed by atoms with E-state index in [-0.39, 0.29) is 0 Å². The highest BCUT2D eigenvalue weighted by Gasteiger charge is 2.19. The molecule has 0 aromatic carbocycles. The van der Waals surface area contributed by atoms with Crippen LogP contribution in [0, 0.1) is 5.92 Å². The van der Waals surface area contributed by atoms with Crippen LogP contribution in [0.1, 0.15) is 20.3 Å². The Bertz CT molecular complexity index is 375. The van der Waals surface area contributed by atoms with Crippen LogP contribution >= 0.6 is 11.6 Å². The third-order valence-electron chi connectivity index (χ3n) is 3.34. The number of hydrogen-bond donors (Lipinski definition) is 0. The molecule has 5 heteroatoms. The molecule has 0 spiro atoms. The average Bonchev–Trinajstić information content (AvgIpc) is 2.38. The van der Waals surface area contributed by atoms with Crippen LogP contribution in [-0.2, 0) is 0 Å². The van der Waals surface area contributed by atoms with E-state index in [4.69, 9.17) is 11.6 Å². The molecule has 1 aromatic rings. The predicted octanol–water partition coefficient (Wildman–Crippen LogP) is 2.30. The highest BCUT2D eigenvalue weighted by atomic mass is 35.5. The van der Waals surface area contributed by atoms with E-state index in [1.54, 1.807) is 12.5 Å². The summed E-state index contributed by atoms with van der Waals surface area (Å²) in [5.41, 5.74) is 0. The first-order valence-corrected chi connectivity index (χ1v) is 6.97. The lowest BCUT2D eigenvalue weighted by Gasteiger charge is -2.35. The fourth-order valence-corrected chi connectivity index (χ4v) is 2.39. The van der Waals surface area contributed by atoms with Gasteiger partial charge in [0, 0.05) is 26.2 Å². The van der Waals surface area contributed by atoms with Crippen molar-refractivity contribution in [1.29, 1.82) is 0 Å². The first-order valence-electron chi connectivity index (χ1n) is 6.59. The van der Waals surface area contributed by atoms with Crippen LogP contribution in [-0.4, -0.2) is 47.6 Å². The average molecular weight is 269 g/mol. The summed E-state index contributed by atoms with van der Waals surface area (Å²) in [7, 11) is 0. The van der Waals surface area contributed by atoms with Gasteiger partial charge in [-0.15, -0.1) is 0 Å². The predicted molar refractivity (Wildman–Crippen MR) is 75.2 cm³/mol. The monoisotopic (exact) mass is 268 g/mol. The molecule has 0 aliphatic carbocycles. The first kappa shape index (κ1) is 13.6. The molecule has 4 nitrogen and oxygen atoms in total. The van der Waals surface area contributed by atoms with Crippen molar-refractivity contribution in [2.45, 2.75) is 20.3 Å². The lowest BCUT2D eigenvalue weighted by atomic mass is 10.1. The first-order chi connectivity index (χ1) is 8.66. The van der Waals surface area contributed by atoms with Crippen LogP contribution in [0.15, 0.2) is 12.5 Å². The van der Waals surface area contributed by atoms with Gasteiger partial charge in [-0.05, 0) is 18.9 Å². The summed E-state index contributed by atoms with van der Waals surface area (Å²) in [5, 5.41) is 0.646. The number of anilines is 1. The number of halogens is 1. The summed E-state index contributed by atoms with van der Waals surface area (Å²) in [5.74, 6) is 1.65. The van der Waals surface area contributed by atoms with Gasteiger partial charge in [0.25, 0.3) is 0 Å². The van der Waals surface area contributed by atoms with Gasteiger partial charge in [-0.1, -0.05) is 25.4 Å². The number of nitrogens with zero attached hydrogens (tertiary/aromatic N) is 4. The third-order valence-corrected chi connectivity index (χ3v) is 3.61. The molecule has 1 aromatic heterocycles. The van der Waals surface area contributed by atoms with Crippen LogP contribution in [0.3, 0.4) is 0 Å². The Morgan fingerprint density at radius 3 is 2.61 bits per heavy atom. The maximum Gasteiger partial charge on any atom is 0.150 e. The molecule has 2 heterocycles. The van der Waals surface area contributed by atoms with E-state index in [1.165, 1.54) is 13.0 Å². The van der Waals surface area contributed by atoms with Gasteiger partial charge in [-0.25, -0.2) is 9.97 Å². The van der Waals surface area contributed by atoms with Crippen molar-refractivity contribution in [3.8, 4) is 0 Å². The smallest absolute Gasteiger partial charge is 0.150 e. The molecular weight excluding hydrogens is 248 g/mol. The lowest BCUT2D eigenvalue weighted by Crippen LogP contribution is -2.47. The van der Waals surface area contributed by atoms with Crippen LogP contribution in [0.4, 0.5) is 5.82 Å². The van der Waals surface area contributed by atoms with Crippen molar-refractivity contribution in [3.05, 3.63) is 17.5 Å². The molecule has 2 rings (SSSR count). The second kappa shape index (κ2) is 6.34. The number of aromatic nitrogens is 2. The summed E-state index contributed by atoms with van der Waals surface area (Å²) in [6.45, 7) is 9.92. The van der Waals surface area contributed by atoms with Gasteiger partial charge in [0.15, 0.2) is 5.82 Å². The molecule has 0 atom stereocenters. The molecule has 1 saturated heterocycles. The minimum absolute atomic E-state index is 0.646. The Morgan fingerprint density at radius 2 is 2.00 bits per heavy atom. The van der Waals surface area contributed by atoms with Crippen LogP contribution in [0.25, 0.3) is 0 Å². The molecule has 0 unspecified atom stereocenters. The SMILES string of the molecule is CC(C)CCN1CCN(c2ncncc2Cl)CC1. The molecule has 0 saturated carbocycles. The molecule has 1 aliphatic rings. The van der Waals surface area contributed by atoms with Crippen LogP contribution < -0.4 is 4.90 Å². The minimum Gasteiger partial charge on any atom is -0.353 e. The second-order valence-electron chi connectivity index (χ2n) is 5.21. The highest BCUT2D eigenvalue weighted by molar-refractivity contribution is 6.32. The highest BCUT2D eigenvalue weighted by Crippen LogP contribution is 2.22. The van der Waals surface area contributed by atoms with Crippen molar-refractivity contribution >= 4 is 17.4 Å². The molecular formula is C13H21ClN4.